The summed E-state index contributed by atoms with van der Waals surface area (Å²) in [7, 11) is 0. The minimum atomic E-state index is -0.849. The third kappa shape index (κ3) is 1.53. The van der Waals surface area contributed by atoms with E-state index in [1.165, 1.54) is 6.08 Å². The molecule has 2 N–H and O–H groups in total. The maximum absolute atomic E-state index is 9.17. The highest BCUT2D eigenvalue weighted by molar-refractivity contribution is 14.1. The van der Waals surface area contributed by atoms with Crippen molar-refractivity contribution in [2.45, 2.75) is 12.2 Å². The Kier molecular flexibility index (Phi) is 2.74. The SMILES string of the molecule is O[C@@H]1C(I)=C(Cl)C=C[C@@H]1O. The standard InChI is InChI=1S/C6H6ClIO2/c7-3-1-2-4(9)6(10)5(3)8/h1-2,4,6,9-10H/t4-,6-/m0/s1. The molecule has 0 amide bonds. The maximum Gasteiger partial charge on any atom is 0.116 e. The number of allylic oxidation sites excluding steroid dienone is 2. The molecule has 0 aromatic heterocycles. The highest BCUT2D eigenvalue weighted by Gasteiger charge is 2.21. The van der Waals surface area contributed by atoms with Crippen molar-refractivity contribution < 1.29 is 10.2 Å². The van der Waals surface area contributed by atoms with Gasteiger partial charge in [-0.15, -0.1) is 0 Å². The summed E-state index contributed by atoms with van der Waals surface area (Å²) < 4.78 is 0.592. The Morgan fingerprint density at radius 2 is 2.10 bits per heavy atom. The van der Waals surface area contributed by atoms with Crippen LogP contribution in [0.2, 0.25) is 0 Å². The predicted octanol–water partition coefficient (Wildman–Crippen LogP) is 1.16. The van der Waals surface area contributed by atoms with Gasteiger partial charge in [-0.2, -0.15) is 0 Å². The second kappa shape index (κ2) is 3.21. The van der Waals surface area contributed by atoms with Crippen LogP contribution in [0.1, 0.15) is 0 Å². The number of hydrogen-bond acceptors (Lipinski definition) is 2. The van der Waals surface area contributed by atoms with E-state index in [0.29, 0.717) is 8.61 Å². The van der Waals surface area contributed by atoms with Crippen molar-refractivity contribution >= 4 is 34.2 Å². The van der Waals surface area contributed by atoms with E-state index in [4.69, 9.17) is 21.8 Å². The molecule has 0 bridgehead atoms. The second-order valence-electron chi connectivity index (χ2n) is 1.99. The van der Waals surface area contributed by atoms with Gasteiger partial charge < -0.3 is 10.2 Å². The van der Waals surface area contributed by atoms with Gasteiger partial charge in [-0.05, 0) is 28.7 Å². The molecule has 2 atom stereocenters. The lowest BCUT2D eigenvalue weighted by Crippen LogP contribution is -2.26. The van der Waals surface area contributed by atoms with E-state index in [2.05, 4.69) is 0 Å². The van der Waals surface area contributed by atoms with Gasteiger partial charge in [-0.25, -0.2) is 0 Å². The fraction of sp³-hybridized carbons (Fsp3) is 0.333. The quantitative estimate of drug-likeness (QED) is 0.650. The minimum Gasteiger partial charge on any atom is -0.386 e. The van der Waals surface area contributed by atoms with Crippen LogP contribution in [-0.4, -0.2) is 22.4 Å². The van der Waals surface area contributed by atoms with E-state index in [9.17, 15) is 0 Å². The normalized spacial score (nSPS) is 33.2. The van der Waals surface area contributed by atoms with Crippen molar-refractivity contribution in [1.82, 2.24) is 0 Å². The maximum atomic E-state index is 9.17. The lowest BCUT2D eigenvalue weighted by molar-refractivity contribution is 0.0779. The fourth-order valence-corrected chi connectivity index (χ4v) is 1.39. The van der Waals surface area contributed by atoms with Crippen LogP contribution in [0.25, 0.3) is 0 Å². The van der Waals surface area contributed by atoms with Crippen LogP contribution in [0.4, 0.5) is 0 Å². The van der Waals surface area contributed by atoms with Crippen LogP contribution in [0.15, 0.2) is 20.8 Å². The van der Waals surface area contributed by atoms with Gasteiger partial charge in [-0.1, -0.05) is 17.7 Å². The van der Waals surface area contributed by atoms with E-state index in [-0.39, 0.29) is 0 Å². The average molecular weight is 272 g/mol. The summed E-state index contributed by atoms with van der Waals surface area (Å²) in [5.41, 5.74) is 0. The molecule has 4 heteroatoms. The molecule has 0 aliphatic heterocycles. The van der Waals surface area contributed by atoms with Gasteiger partial charge in [0.05, 0.1) is 5.03 Å². The van der Waals surface area contributed by atoms with Gasteiger partial charge in [0.15, 0.2) is 0 Å². The first-order chi connectivity index (χ1) is 4.63. The molecule has 0 saturated carbocycles. The molecular weight excluding hydrogens is 266 g/mol. The van der Waals surface area contributed by atoms with E-state index in [0.717, 1.165) is 0 Å². The van der Waals surface area contributed by atoms with Crippen molar-refractivity contribution in [3.05, 3.63) is 20.8 Å². The molecule has 1 aliphatic carbocycles. The van der Waals surface area contributed by atoms with Crippen molar-refractivity contribution in [2.75, 3.05) is 0 Å². The molecule has 0 saturated heterocycles. The predicted molar refractivity (Wildman–Crippen MR) is 48.1 cm³/mol. The first-order valence-electron chi connectivity index (χ1n) is 2.72. The molecular formula is C6H6ClIO2. The van der Waals surface area contributed by atoms with E-state index in [1.807, 2.05) is 22.6 Å². The number of aliphatic hydroxyl groups excluding tert-OH is 2. The Labute approximate surface area is 77.3 Å². The van der Waals surface area contributed by atoms with Crippen LogP contribution in [0.3, 0.4) is 0 Å². The molecule has 0 aromatic rings. The van der Waals surface area contributed by atoms with Gasteiger partial charge in [0, 0.05) is 3.58 Å². The number of halogens is 2. The van der Waals surface area contributed by atoms with Crippen LogP contribution < -0.4 is 0 Å². The average Bonchev–Trinajstić information content (AvgIpc) is 1.93. The van der Waals surface area contributed by atoms with Gasteiger partial charge in [0.1, 0.15) is 12.2 Å². The van der Waals surface area contributed by atoms with Gasteiger partial charge >= 0.3 is 0 Å². The summed E-state index contributed by atoms with van der Waals surface area (Å²) in [6, 6.07) is 0. The largest absolute Gasteiger partial charge is 0.386 e. The molecule has 1 rings (SSSR count). The molecule has 0 heterocycles. The van der Waals surface area contributed by atoms with Gasteiger partial charge in [0.2, 0.25) is 0 Å². The zero-order valence-electron chi connectivity index (χ0n) is 4.96. The Morgan fingerprint density at radius 1 is 1.50 bits per heavy atom. The highest BCUT2D eigenvalue weighted by atomic mass is 127. The zero-order valence-corrected chi connectivity index (χ0v) is 7.87. The third-order valence-electron chi connectivity index (χ3n) is 1.25. The molecule has 56 valence electrons. The summed E-state index contributed by atoms with van der Waals surface area (Å²) >= 11 is 7.55. The molecule has 0 unspecified atom stereocenters. The molecule has 10 heavy (non-hydrogen) atoms. The van der Waals surface area contributed by atoms with Gasteiger partial charge in [-0.3, -0.25) is 0 Å². The molecule has 0 fully saturated rings. The molecule has 0 aromatic carbocycles. The first-order valence-corrected chi connectivity index (χ1v) is 4.18. The smallest absolute Gasteiger partial charge is 0.116 e. The van der Waals surface area contributed by atoms with Crippen molar-refractivity contribution in [3.8, 4) is 0 Å². The Morgan fingerprint density at radius 3 is 2.60 bits per heavy atom. The highest BCUT2D eigenvalue weighted by Crippen LogP contribution is 2.27. The summed E-state index contributed by atoms with van der Waals surface area (Å²) in [6.07, 6.45) is 1.39. The number of rotatable bonds is 0. The summed E-state index contributed by atoms with van der Waals surface area (Å²) in [5, 5.41) is 18.7. The lowest BCUT2D eigenvalue weighted by Gasteiger charge is -2.18. The molecule has 2 nitrogen and oxygen atoms in total. The fourth-order valence-electron chi connectivity index (χ4n) is 0.659. The first kappa shape index (κ1) is 8.52. The van der Waals surface area contributed by atoms with Crippen LogP contribution in [0, 0.1) is 0 Å². The molecule has 0 radical (unpaired) electrons. The van der Waals surface area contributed by atoms with Crippen LogP contribution >= 0.6 is 34.2 Å². The Hall–Kier alpha value is 0.420. The summed E-state index contributed by atoms with van der Waals surface area (Å²) in [6.45, 7) is 0. The van der Waals surface area contributed by atoms with Gasteiger partial charge in [0.25, 0.3) is 0 Å². The Bertz CT molecular complexity index is 200. The molecule has 1 aliphatic rings. The number of hydrogen-bond donors (Lipinski definition) is 2. The second-order valence-corrected chi connectivity index (χ2v) is 3.56. The third-order valence-corrected chi connectivity index (χ3v) is 3.12. The lowest BCUT2D eigenvalue weighted by atomic mass is 10.1. The van der Waals surface area contributed by atoms with Crippen molar-refractivity contribution in [3.63, 3.8) is 0 Å². The van der Waals surface area contributed by atoms with Crippen molar-refractivity contribution in [2.24, 2.45) is 0 Å². The van der Waals surface area contributed by atoms with Crippen LogP contribution in [-0.2, 0) is 0 Å². The minimum absolute atomic E-state index is 0.499. The zero-order chi connectivity index (χ0) is 7.72. The van der Waals surface area contributed by atoms with E-state index < -0.39 is 12.2 Å². The van der Waals surface area contributed by atoms with E-state index in [1.54, 1.807) is 6.08 Å². The van der Waals surface area contributed by atoms with E-state index >= 15 is 0 Å². The van der Waals surface area contributed by atoms with Crippen LogP contribution in [0.5, 0.6) is 0 Å². The summed E-state index contributed by atoms with van der Waals surface area (Å²) in [4.78, 5) is 0. The Balaban J connectivity index is 2.88. The molecule has 0 spiro atoms. The monoisotopic (exact) mass is 272 g/mol. The van der Waals surface area contributed by atoms with Crippen molar-refractivity contribution in [1.29, 1.82) is 0 Å². The topological polar surface area (TPSA) is 40.5 Å². The number of aliphatic hydroxyl groups is 2. The summed E-state index contributed by atoms with van der Waals surface area (Å²) in [5.74, 6) is 0.